The molecule has 0 aromatic heterocycles. The van der Waals surface area contributed by atoms with Crippen LogP contribution in [0.15, 0.2) is 36.1 Å². The molecule has 1 aromatic rings. The van der Waals surface area contributed by atoms with Crippen LogP contribution in [-0.4, -0.2) is 28.9 Å². The number of ether oxygens (including phenoxy) is 1. The van der Waals surface area contributed by atoms with Crippen LogP contribution in [0.4, 0.5) is 5.69 Å². The molecule has 1 heterocycles. The molecule has 0 fully saturated rings. The predicted octanol–water partition coefficient (Wildman–Crippen LogP) is 2.64. The van der Waals surface area contributed by atoms with E-state index in [1.54, 1.807) is 17.0 Å². The van der Waals surface area contributed by atoms with Crippen LogP contribution in [0, 0.1) is 10.1 Å². The highest BCUT2D eigenvalue weighted by Crippen LogP contribution is 2.17. The Hall–Kier alpha value is -2.37. The van der Waals surface area contributed by atoms with Crippen molar-refractivity contribution >= 4 is 11.6 Å². The van der Waals surface area contributed by atoms with E-state index < -0.39 is 4.92 Å². The van der Waals surface area contributed by atoms with Gasteiger partial charge in [-0.15, -0.1) is 0 Å². The van der Waals surface area contributed by atoms with Gasteiger partial charge < -0.3 is 9.64 Å². The molecule has 0 spiro atoms. The van der Waals surface area contributed by atoms with Gasteiger partial charge in [-0.1, -0.05) is 12.1 Å². The van der Waals surface area contributed by atoms with Gasteiger partial charge in [0.15, 0.2) is 5.76 Å². The Morgan fingerprint density at radius 1 is 1.48 bits per heavy atom. The number of nitro groups is 1. The molecule has 0 unspecified atom stereocenters. The molecule has 0 bridgehead atoms. The number of hydrogen-bond acceptors (Lipinski definition) is 4. The number of allylic oxidation sites excluding steroid dienone is 1. The topological polar surface area (TPSA) is 72.7 Å². The third-order valence-electron chi connectivity index (χ3n) is 3.31. The average Bonchev–Trinajstić information content (AvgIpc) is 2.53. The smallest absolute Gasteiger partial charge is 0.288 e. The number of nitro benzene ring substituents is 1. The van der Waals surface area contributed by atoms with Crippen LogP contribution in [0.2, 0.25) is 0 Å². The minimum Gasteiger partial charge on any atom is -0.488 e. The first-order valence-electron chi connectivity index (χ1n) is 6.97. The first-order valence-corrected chi connectivity index (χ1v) is 6.97. The minimum absolute atomic E-state index is 0.0316. The normalized spacial score (nSPS) is 14.0. The molecule has 0 aliphatic carbocycles. The molecule has 6 heteroatoms. The SMILES string of the molecule is CCN(Cc1cccc([N+](=O)[O-])c1)C(=O)C1=CCCCO1. The van der Waals surface area contributed by atoms with E-state index in [0.29, 0.717) is 25.5 Å². The highest BCUT2D eigenvalue weighted by atomic mass is 16.6. The van der Waals surface area contributed by atoms with Gasteiger partial charge in [0.1, 0.15) is 0 Å². The summed E-state index contributed by atoms with van der Waals surface area (Å²) in [5, 5.41) is 10.8. The van der Waals surface area contributed by atoms with Crippen molar-refractivity contribution in [1.82, 2.24) is 4.90 Å². The minimum atomic E-state index is -0.436. The predicted molar refractivity (Wildman–Crippen MR) is 77.5 cm³/mol. The van der Waals surface area contributed by atoms with E-state index in [4.69, 9.17) is 4.74 Å². The maximum Gasteiger partial charge on any atom is 0.288 e. The summed E-state index contributed by atoms with van der Waals surface area (Å²) in [5.74, 6) is 0.220. The van der Waals surface area contributed by atoms with Crippen LogP contribution in [0.3, 0.4) is 0 Å². The maximum atomic E-state index is 12.4. The van der Waals surface area contributed by atoms with E-state index in [0.717, 1.165) is 18.4 Å². The summed E-state index contributed by atoms with van der Waals surface area (Å²) in [4.78, 5) is 24.3. The maximum absolute atomic E-state index is 12.4. The van der Waals surface area contributed by atoms with Gasteiger partial charge in [0, 0.05) is 25.2 Å². The lowest BCUT2D eigenvalue weighted by Crippen LogP contribution is -2.33. The van der Waals surface area contributed by atoms with Gasteiger partial charge in [-0.25, -0.2) is 0 Å². The fraction of sp³-hybridized carbons (Fsp3) is 0.400. The molecule has 0 N–H and O–H groups in total. The van der Waals surface area contributed by atoms with Gasteiger partial charge in [-0.05, 0) is 31.4 Å². The Morgan fingerprint density at radius 3 is 2.90 bits per heavy atom. The number of amides is 1. The summed E-state index contributed by atoms with van der Waals surface area (Å²) < 4.78 is 5.38. The van der Waals surface area contributed by atoms with Gasteiger partial charge in [0.25, 0.3) is 11.6 Å². The molecule has 112 valence electrons. The fourth-order valence-corrected chi connectivity index (χ4v) is 2.18. The zero-order chi connectivity index (χ0) is 15.2. The molecule has 6 nitrogen and oxygen atoms in total. The summed E-state index contributed by atoms with van der Waals surface area (Å²) in [6.07, 6.45) is 3.57. The largest absolute Gasteiger partial charge is 0.488 e. The molecule has 1 aromatic carbocycles. The Kier molecular flexibility index (Phi) is 4.92. The van der Waals surface area contributed by atoms with Crippen LogP contribution >= 0.6 is 0 Å². The Bertz CT molecular complexity index is 569. The molecule has 0 saturated heterocycles. The van der Waals surface area contributed by atoms with Crippen molar-refractivity contribution in [1.29, 1.82) is 0 Å². The van der Waals surface area contributed by atoms with Crippen LogP contribution in [0.1, 0.15) is 25.3 Å². The zero-order valence-corrected chi connectivity index (χ0v) is 11.9. The van der Waals surface area contributed by atoms with E-state index in [2.05, 4.69) is 0 Å². The second kappa shape index (κ2) is 6.88. The van der Waals surface area contributed by atoms with E-state index in [1.165, 1.54) is 12.1 Å². The molecule has 1 aliphatic rings. The molecule has 0 radical (unpaired) electrons. The van der Waals surface area contributed by atoms with Crippen LogP contribution in [0.5, 0.6) is 0 Å². The van der Waals surface area contributed by atoms with E-state index in [1.807, 2.05) is 13.0 Å². The van der Waals surface area contributed by atoms with E-state index >= 15 is 0 Å². The monoisotopic (exact) mass is 290 g/mol. The number of carbonyl (C=O) groups is 1. The first-order chi connectivity index (χ1) is 10.1. The Morgan fingerprint density at radius 2 is 2.29 bits per heavy atom. The summed E-state index contributed by atoms with van der Waals surface area (Å²) in [6, 6.07) is 6.33. The molecule has 0 atom stereocenters. The summed E-state index contributed by atoms with van der Waals surface area (Å²) in [6.45, 7) is 3.28. The fourth-order valence-electron chi connectivity index (χ4n) is 2.18. The number of likely N-dealkylation sites (N-methyl/N-ethyl adjacent to an activating group) is 1. The lowest BCUT2D eigenvalue weighted by Gasteiger charge is -2.24. The van der Waals surface area contributed by atoms with Crippen molar-refractivity contribution in [3.05, 3.63) is 51.8 Å². The molecule has 21 heavy (non-hydrogen) atoms. The zero-order valence-electron chi connectivity index (χ0n) is 11.9. The van der Waals surface area contributed by atoms with Crippen molar-refractivity contribution in [2.75, 3.05) is 13.2 Å². The number of non-ortho nitro benzene ring substituents is 1. The summed E-state index contributed by atoms with van der Waals surface area (Å²) in [5.41, 5.74) is 0.764. The molecular weight excluding hydrogens is 272 g/mol. The molecule has 2 rings (SSSR count). The third-order valence-corrected chi connectivity index (χ3v) is 3.31. The van der Waals surface area contributed by atoms with Crippen molar-refractivity contribution < 1.29 is 14.5 Å². The average molecular weight is 290 g/mol. The van der Waals surface area contributed by atoms with Crippen LogP contribution in [0.25, 0.3) is 0 Å². The van der Waals surface area contributed by atoms with Gasteiger partial charge in [-0.2, -0.15) is 0 Å². The Balaban J connectivity index is 2.11. The van der Waals surface area contributed by atoms with Crippen molar-refractivity contribution in [3.8, 4) is 0 Å². The summed E-state index contributed by atoms with van der Waals surface area (Å²) >= 11 is 0. The number of benzene rings is 1. The van der Waals surface area contributed by atoms with Gasteiger partial charge in [0.05, 0.1) is 11.5 Å². The highest BCUT2D eigenvalue weighted by molar-refractivity contribution is 5.91. The van der Waals surface area contributed by atoms with Gasteiger partial charge in [-0.3, -0.25) is 14.9 Å². The molecule has 1 aliphatic heterocycles. The standard InChI is InChI=1S/C15H18N2O4/c1-2-16(15(18)14-8-3-4-9-21-14)11-12-6-5-7-13(10-12)17(19)20/h5-8,10H,2-4,9,11H2,1H3. The van der Waals surface area contributed by atoms with Gasteiger partial charge >= 0.3 is 0 Å². The summed E-state index contributed by atoms with van der Waals surface area (Å²) in [7, 11) is 0. The second-order valence-corrected chi connectivity index (χ2v) is 4.81. The number of nitrogens with zero attached hydrogens (tertiary/aromatic N) is 2. The molecule has 1 amide bonds. The van der Waals surface area contributed by atoms with E-state index in [9.17, 15) is 14.9 Å². The molecule has 0 saturated carbocycles. The van der Waals surface area contributed by atoms with E-state index in [-0.39, 0.29) is 11.6 Å². The highest BCUT2D eigenvalue weighted by Gasteiger charge is 2.20. The number of hydrogen-bond donors (Lipinski definition) is 0. The van der Waals surface area contributed by atoms with Gasteiger partial charge in [0.2, 0.25) is 0 Å². The quantitative estimate of drug-likeness (QED) is 0.617. The third kappa shape index (κ3) is 3.81. The number of carbonyl (C=O) groups excluding carboxylic acids is 1. The van der Waals surface area contributed by atoms with Crippen molar-refractivity contribution in [2.45, 2.75) is 26.3 Å². The van der Waals surface area contributed by atoms with Crippen molar-refractivity contribution in [3.63, 3.8) is 0 Å². The van der Waals surface area contributed by atoms with Crippen LogP contribution < -0.4 is 0 Å². The first kappa shape index (κ1) is 15.0. The lowest BCUT2D eigenvalue weighted by molar-refractivity contribution is -0.384. The second-order valence-electron chi connectivity index (χ2n) is 4.81. The van der Waals surface area contributed by atoms with Crippen molar-refractivity contribution in [2.24, 2.45) is 0 Å². The Labute approximate surface area is 123 Å². The number of rotatable bonds is 5. The molecular formula is C15H18N2O4. The lowest BCUT2D eigenvalue weighted by atomic mass is 10.1. The van der Waals surface area contributed by atoms with Crippen LogP contribution in [-0.2, 0) is 16.1 Å².